The highest BCUT2D eigenvalue weighted by Crippen LogP contribution is 1.95. The highest BCUT2D eigenvalue weighted by Gasteiger charge is 2.04. The second kappa shape index (κ2) is 4.97. The number of nitrogens with one attached hydrogen (secondary N) is 1. The van der Waals surface area contributed by atoms with Crippen LogP contribution in [0.25, 0.3) is 0 Å². The Balaban J connectivity index is 2.42. The molecule has 0 fully saturated rings. The molecule has 0 aliphatic carbocycles. The molecule has 0 amide bonds. The third-order valence-electron chi connectivity index (χ3n) is 1.41. The van der Waals surface area contributed by atoms with E-state index in [1.807, 2.05) is 0 Å². The van der Waals surface area contributed by atoms with Gasteiger partial charge in [-0.15, -0.1) is 0 Å². The number of rotatable bonds is 5. The minimum Gasteiger partial charge on any atom is -0.353 e. The molecule has 5 nitrogen and oxygen atoms in total. The Kier molecular flexibility index (Phi) is 3.56. The van der Waals surface area contributed by atoms with Gasteiger partial charge in [-0.1, -0.05) is 0 Å². The van der Waals surface area contributed by atoms with Crippen molar-refractivity contribution in [2.45, 2.75) is 0 Å². The third-order valence-corrected chi connectivity index (χ3v) is 1.41. The molecule has 1 aromatic rings. The first-order valence-corrected chi connectivity index (χ1v) is 3.78. The van der Waals surface area contributed by atoms with Crippen molar-refractivity contribution in [2.24, 2.45) is 5.92 Å². The highest BCUT2D eigenvalue weighted by molar-refractivity contribution is 5.78. The van der Waals surface area contributed by atoms with Crippen molar-refractivity contribution >= 4 is 18.5 Å². The fourth-order valence-electron chi connectivity index (χ4n) is 0.728. The van der Waals surface area contributed by atoms with Crippen LogP contribution < -0.4 is 5.32 Å². The monoisotopic (exact) mass is 179 g/mol. The Bertz CT molecular complexity index is 268. The molecule has 68 valence electrons. The lowest BCUT2D eigenvalue weighted by molar-refractivity contribution is -0.118. The van der Waals surface area contributed by atoms with Gasteiger partial charge in [0.15, 0.2) is 0 Å². The fourth-order valence-corrected chi connectivity index (χ4v) is 0.728. The van der Waals surface area contributed by atoms with Crippen LogP contribution in [0, 0.1) is 5.92 Å². The van der Waals surface area contributed by atoms with Crippen LogP contribution in [0.3, 0.4) is 0 Å². The quantitative estimate of drug-likeness (QED) is 0.505. The molecule has 1 heterocycles. The molecule has 13 heavy (non-hydrogen) atoms. The predicted molar refractivity (Wildman–Crippen MR) is 46.1 cm³/mol. The summed E-state index contributed by atoms with van der Waals surface area (Å²) >= 11 is 0. The Morgan fingerprint density at radius 2 is 1.92 bits per heavy atom. The first-order chi connectivity index (χ1) is 6.36. The van der Waals surface area contributed by atoms with Crippen LogP contribution in [0.15, 0.2) is 18.5 Å². The number of aromatic nitrogens is 2. The maximum absolute atomic E-state index is 10.2. The average Bonchev–Trinajstić information content (AvgIpc) is 2.21. The van der Waals surface area contributed by atoms with Gasteiger partial charge in [-0.3, -0.25) is 0 Å². The Hall–Kier alpha value is -1.78. The van der Waals surface area contributed by atoms with E-state index in [0.29, 0.717) is 18.5 Å². The zero-order valence-electron chi connectivity index (χ0n) is 6.88. The fraction of sp³-hybridized carbons (Fsp3) is 0.250. The molecule has 1 N–H and O–H groups in total. The number of carbonyl (C=O) groups excluding carboxylic acids is 2. The van der Waals surface area contributed by atoms with Crippen molar-refractivity contribution in [1.82, 2.24) is 9.97 Å². The number of hydrogen-bond donors (Lipinski definition) is 1. The van der Waals surface area contributed by atoms with Crippen molar-refractivity contribution in [1.29, 1.82) is 0 Å². The van der Waals surface area contributed by atoms with Crippen LogP contribution in [0.2, 0.25) is 0 Å². The van der Waals surface area contributed by atoms with Crippen molar-refractivity contribution in [3.8, 4) is 0 Å². The lowest BCUT2D eigenvalue weighted by Crippen LogP contribution is -2.17. The van der Waals surface area contributed by atoms with E-state index in [1.54, 1.807) is 18.5 Å². The van der Waals surface area contributed by atoms with Gasteiger partial charge in [0.1, 0.15) is 12.6 Å². The number of aldehydes is 2. The van der Waals surface area contributed by atoms with E-state index in [0.717, 1.165) is 0 Å². The van der Waals surface area contributed by atoms with Crippen LogP contribution in [-0.4, -0.2) is 29.1 Å². The van der Waals surface area contributed by atoms with Gasteiger partial charge in [0, 0.05) is 18.9 Å². The van der Waals surface area contributed by atoms with E-state index in [1.165, 1.54) is 0 Å². The molecule has 0 aliphatic heterocycles. The molecule has 0 aromatic carbocycles. The average molecular weight is 179 g/mol. The normalized spacial score (nSPS) is 9.62. The molecule has 1 rings (SSSR count). The Morgan fingerprint density at radius 1 is 1.31 bits per heavy atom. The molecule has 0 aliphatic rings. The van der Waals surface area contributed by atoms with Crippen LogP contribution in [0.4, 0.5) is 5.95 Å². The second-order valence-corrected chi connectivity index (χ2v) is 2.39. The van der Waals surface area contributed by atoms with Gasteiger partial charge >= 0.3 is 0 Å². The van der Waals surface area contributed by atoms with E-state index in [9.17, 15) is 9.59 Å². The van der Waals surface area contributed by atoms with Crippen LogP contribution in [0.1, 0.15) is 0 Å². The largest absolute Gasteiger partial charge is 0.353 e. The van der Waals surface area contributed by atoms with Gasteiger partial charge in [-0.05, 0) is 6.07 Å². The number of carbonyl (C=O) groups is 2. The van der Waals surface area contributed by atoms with Gasteiger partial charge in [0.2, 0.25) is 5.95 Å². The zero-order chi connectivity index (χ0) is 9.52. The summed E-state index contributed by atoms with van der Waals surface area (Å²) in [6.45, 7) is 0.233. The van der Waals surface area contributed by atoms with Crippen molar-refractivity contribution < 1.29 is 9.59 Å². The number of anilines is 1. The molecule has 5 heteroatoms. The molecule has 0 saturated heterocycles. The summed E-state index contributed by atoms with van der Waals surface area (Å²) in [6, 6.07) is 1.68. The van der Waals surface area contributed by atoms with Gasteiger partial charge < -0.3 is 14.9 Å². The lowest BCUT2D eigenvalue weighted by Gasteiger charge is -2.03. The third kappa shape index (κ3) is 2.98. The van der Waals surface area contributed by atoms with Gasteiger partial charge in [0.25, 0.3) is 0 Å². The SMILES string of the molecule is O=CC(C=O)CNc1ncccn1. The lowest BCUT2D eigenvalue weighted by atomic mass is 10.2. The topological polar surface area (TPSA) is 72.0 Å². The minimum atomic E-state index is -0.635. The summed E-state index contributed by atoms with van der Waals surface area (Å²) in [6.07, 6.45) is 4.32. The second-order valence-electron chi connectivity index (χ2n) is 2.39. The molecule has 0 saturated carbocycles. The molecule has 0 bridgehead atoms. The molecule has 0 atom stereocenters. The van der Waals surface area contributed by atoms with Gasteiger partial charge in [-0.2, -0.15) is 0 Å². The summed E-state index contributed by atoms with van der Waals surface area (Å²) < 4.78 is 0. The summed E-state index contributed by atoms with van der Waals surface area (Å²) in [5.41, 5.74) is 0. The summed E-state index contributed by atoms with van der Waals surface area (Å²) in [5, 5.41) is 2.76. The molecule has 0 unspecified atom stereocenters. The molecule has 0 spiro atoms. The standard InChI is InChI=1S/C8H9N3O2/c12-5-7(6-13)4-11-8-9-2-1-3-10-8/h1-3,5-7H,4H2,(H,9,10,11). The first kappa shape index (κ1) is 9.31. The molecular formula is C8H9N3O2. The van der Waals surface area contributed by atoms with E-state index in [4.69, 9.17) is 0 Å². The molecule has 0 radical (unpaired) electrons. The van der Waals surface area contributed by atoms with Crippen molar-refractivity contribution in [3.63, 3.8) is 0 Å². The van der Waals surface area contributed by atoms with E-state index in [2.05, 4.69) is 15.3 Å². The van der Waals surface area contributed by atoms with E-state index >= 15 is 0 Å². The Labute approximate surface area is 75.2 Å². The Morgan fingerprint density at radius 3 is 2.46 bits per heavy atom. The molecule has 1 aromatic heterocycles. The van der Waals surface area contributed by atoms with E-state index < -0.39 is 5.92 Å². The molecular weight excluding hydrogens is 170 g/mol. The summed E-state index contributed by atoms with van der Waals surface area (Å²) in [7, 11) is 0. The van der Waals surface area contributed by atoms with Crippen molar-refractivity contribution in [3.05, 3.63) is 18.5 Å². The maximum atomic E-state index is 10.2. The maximum Gasteiger partial charge on any atom is 0.222 e. The van der Waals surface area contributed by atoms with Crippen LogP contribution >= 0.6 is 0 Å². The summed E-state index contributed by atoms with van der Waals surface area (Å²) in [4.78, 5) is 28.2. The zero-order valence-corrected chi connectivity index (χ0v) is 6.88. The number of hydrogen-bond acceptors (Lipinski definition) is 5. The van der Waals surface area contributed by atoms with Crippen molar-refractivity contribution in [2.75, 3.05) is 11.9 Å². The highest BCUT2D eigenvalue weighted by atomic mass is 16.1. The summed E-state index contributed by atoms with van der Waals surface area (Å²) in [5.74, 6) is -0.222. The first-order valence-electron chi connectivity index (χ1n) is 3.78. The van der Waals surface area contributed by atoms with Crippen LogP contribution in [-0.2, 0) is 9.59 Å². The predicted octanol–water partition coefficient (Wildman–Crippen LogP) is -0.0975. The minimum absolute atomic E-state index is 0.233. The smallest absolute Gasteiger partial charge is 0.222 e. The number of nitrogens with zero attached hydrogens (tertiary/aromatic N) is 2. The van der Waals surface area contributed by atoms with Gasteiger partial charge in [0.05, 0.1) is 5.92 Å². The van der Waals surface area contributed by atoms with E-state index in [-0.39, 0.29) is 6.54 Å². The van der Waals surface area contributed by atoms with Crippen LogP contribution in [0.5, 0.6) is 0 Å². The van der Waals surface area contributed by atoms with Gasteiger partial charge in [-0.25, -0.2) is 9.97 Å².